The molecule has 0 saturated carbocycles. The van der Waals surface area contributed by atoms with Crippen LogP contribution in [0.25, 0.3) is 0 Å². The second kappa shape index (κ2) is 11.7. The van der Waals surface area contributed by atoms with Gasteiger partial charge in [0.15, 0.2) is 17.5 Å². The summed E-state index contributed by atoms with van der Waals surface area (Å²) in [6, 6.07) is 6.11. The average molecular weight is 377 g/mol. The Labute approximate surface area is 164 Å². The molecular weight excluding hydrogens is 340 g/mol. The quantitative estimate of drug-likeness (QED) is 0.351. The van der Waals surface area contributed by atoms with Crippen LogP contribution in [0.3, 0.4) is 0 Å². The van der Waals surface area contributed by atoms with Gasteiger partial charge >= 0.3 is 0 Å². The van der Waals surface area contributed by atoms with Gasteiger partial charge in [0.1, 0.15) is 0 Å². The molecule has 3 N–H and O–H groups in total. The summed E-state index contributed by atoms with van der Waals surface area (Å²) in [5.41, 5.74) is 1.01. The molecule has 1 aromatic rings. The lowest BCUT2D eigenvalue weighted by atomic mass is 10.0. The van der Waals surface area contributed by atoms with Crippen LogP contribution in [-0.4, -0.2) is 54.8 Å². The molecular formula is C21H36N4O2. The predicted octanol–water partition coefficient (Wildman–Crippen LogP) is 3.11. The van der Waals surface area contributed by atoms with E-state index in [1.165, 1.54) is 25.8 Å². The van der Waals surface area contributed by atoms with Gasteiger partial charge in [0.05, 0.1) is 13.2 Å². The fraction of sp³-hybridized carbons (Fsp3) is 0.667. The van der Waals surface area contributed by atoms with E-state index in [1.807, 2.05) is 19.1 Å². The molecule has 2 rings (SSSR count). The fourth-order valence-corrected chi connectivity index (χ4v) is 3.42. The third-order valence-electron chi connectivity index (χ3n) is 4.94. The number of aliphatic imine (C=N–C) groups is 1. The Morgan fingerprint density at radius 1 is 1.30 bits per heavy atom. The first kappa shape index (κ1) is 21.4. The molecule has 0 aliphatic carbocycles. The number of hydrogen-bond donors (Lipinski definition) is 3. The number of rotatable bonds is 9. The highest BCUT2D eigenvalue weighted by molar-refractivity contribution is 5.79. The largest absolute Gasteiger partial charge is 0.504 e. The van der Waals surface area contributed by atoms with Crippen molar-refractivity contribution in [3.05, 3.63) is 23.8 Å². The number of piperidine rings is 1. The summed E-state index contributed by atoms with van der Waals surface area (Å²) >= 11 is 0. The van der Waals surface area contributed by atoms with Gasteiger partial charge in [0, 0.05) is 25.7 Å². The molecule has 0 amide bonds. The van der Waals surface area contributed by atoms with Crippen molar-refractivity contribution < 1.29 is 9.84 Å². The number of guanidine groups is 1. The van der Waals surface area contributed by atoms with Gasteiger partial charge < -0.3 is 25.4 Å². The summed E-state index contributed by atoms with van der Waals surface area (Å²) < 4.78 is 5.44. The molecule has 27 heavy (non-hydrogen) atoms. The van der Waals surface area contributed by atoms with Crippen LogP contribution in [0.4, 0.5) is 0 Å². The summed E-state index contributed by atoms with van der Waals surface area (Å²) in [6.45, 7) is 11.5. The molecule has 0 bridgehead atoms. The van der Waals surface area contributed by atoms with Crippen LogP contribution >= 0.6 is 0 Å². The van der Waals surface area contributed by atoms with Crippen LogP contribution in [0.5, 0.6) is 11.5 Å². The lowest BCUT2D eigenvalue weighted by molar-refractivity contribution is 0.159. The first-order chi connectivity index (χ1) is 13.1. The van der Waals surface area contributed by atoms with Gasteiger partial charge in [0.2, 0.25) is 0 Å². The Bertz CT molecular complexity index is 592. The Hall–Kier alpha value is -1.95. The first-order valence-corrected chi connectivity index (χ1v) is 10.3. The van der Waals surface area contributed by atoms with Gasteiger partial charge in [-0.15, -0.1) is 0 Å². The topological polar surface area (TPSA) is 69.1 Å². The van der Waals surface area contributed by atoms with Gasteiger partial charge in [-0.1, -0.05) is 12.5 Å². The zero-order valence-corrected chi connectivity index (χ0v) is 17.1. The van der Waals surface area contributed by atoms with Crippen molar-refractivity contribution >= 4 is 5.96 Å². The summed E-state index contributed by atoms with van der Waals surface area (Å²) in [6.07, 6.45) is 5.14. The van der Waals surface area contributed by atoms with Crippen molar-refractivity contribution in [2.75, 3.05) is 32.8 Å². The minimum Gasteiger partial charge on any atom is -0.504 e. The van der Waals surface area contributed by atoms with Crippen molar-refractivity contribution in [3.63, 3.8) is 0 Å². The molecule has 1 fully saturated rings. The number of ether oxygens (including phenoxy) is 1. The minimum absolute atomic E-state index is 0.168. The lowest BCUT2D eigenvalue weighted by Gasteiger charge is -2.33. The van der Waals surface area contributed by atoms with Gasteiger partial charge in [-0.25, -0.2) is 4.99 Å². The molecule has 1 unspecified atom stereocenters. The number of hydrogen-bond acceptors (Lipinski definition) is 4. The van der Waals surface area contributed by atoms with Gasteiger partial charge in [-0.2, -0.15) is 0 Å². The molecule has 0 radical (unpaired) electrons. The Morgan fingerprint density at radius 2 is 2.15 bits per heavy atom. The highest BCUT2D eigenvalue weighted by Gasteiger charge is 2.17. The molecule has 6 heteroatoms. The average Bonchev–Trinajstić information content (AvgIpc) is 2.67. The van der Waals surface area contributed by atoms with E-state index in [0.29, 0.717) is 18.9 Å². The van der Waals surface area contributed by atoms with E-state index in [4.69, 9.17) is 4.74 Å². The third-order valence-corrected chi connectivity index (χ3v) is 4.94. The molecule has 0 aromatic heterocycles. The highest BCUT2D eigenvalue weighted by atomic mass is 16.5. The zero-order valence-electron chi connectivity index (χ0n) is 17.1. The number of phenolic OH excluding ortho intramolecular Hbond substituents is 1. The minimum atomic E-state index is 0.168. The number of benzene rings is 1. The van der Waals surface area contributed by atoms with Crippen molar-refractivity contribution in [1.82, 2.24) is 15.5 Å². The van der Waals surface area contributed by atoms with Crippen LogP contribution in [0.2, 0.25) is 0 Å². The van der Waals surface area contributed by atoms with E-state index < -0.39 is 0 Å². The van der Waals surface area contributed by atoms with Gasteiger partial charge in [0.25, 0.3) is 0 Å². The van der Waals surface area contributed by atoms with Gasteiger partial charge in [-0.3, -0.25) is 0 Å². The summed E-state index contributed by atoms with van der Waals surface area (Å²) in [5.74, 6) is 1.51. The number of likely N-dealkylation sites (tertiary alicyclic amines) is 1. The van der Waals surface area contributed by atoms with E-state index in [1.54, 1.807) is 6.07 Å². The molecule has 1 aliphatic rings. The molecule has 6 nitrogen and oxygen atoms in total. The van der Waals surface area contributed by atoms with Crippen LogP contribution in [0.15, 0.2) is 23.2 Å². The maximum Gasteiger partial charge on any atom is 0.191 e. The zero-order chi connectivity index (χ0) is 19.5. The normalized spacial score (nSPS) is 18.3. The maximum absolute atomic E-state index is 9.81. The monoisotopic (exact) mass is 376 g/mol. The number of phenols is 1. The second-order valence-corrected chi connectivity index (χ2v) is 7.09. The molecule has 1 atom stereocenters. The molecule has 1 saturated heterocycles. The van der Waals surface area contributed by atoms with E-state index in [9.17, 15) is 5.11 Å². The van der Waals surface area contributed by atoms with E-state index >= 15 is 0 Å². The highest BCUT2D eigenvalue weighted by Crippen LogP contribution is 2.27. The molecule has 1 aromatic carbocycles. The number of nitrogens with one attached hydrogen (secondary N) is 2. The molecule has 0 spiro atoms. The van der Waals surface area contributed by atoms with Crippen LogP contribution in [0, 0.1) is 0 Å². The van der Waals surface area contributed by atoms with E-state index in [-0.39, 0.29) is 5.75 Å². The lowest BCUT2D eigenvalue weighted by Crippen LogP contribution is -2.41. The van der Waals surface area contributed by atoms with Crippen LogP contribution < -0.4 is 15.4 Å². The fourth-order valence-electron chi connectivity index (χ4n) is 3.42. The molecule has 152 valence electrons. The number of aromatic hydroxyl groups is 1. The standard InChI is InChI=1S/C21H36N4O2/c1-4-22-21(23-12-8-14-25-13-7-6-9-17(25)3)24-16-18-10-11-19(26)20(15-18)27-5-2/h10-11,15,17,26H,4-9,12-14,16H2,1-3H3,(H2,22,23,24). The Morgan fingerprint density at radius 3 is 2.89 bits per heavy atom. The second-order valence-electron chi connectivity index (χ2n) is 7.09. The molecule has 1 heterocycles. The van der Waals surface area contributed by atoms with E-state index in [0.717, 1.165) is 43.6 Å². The number of nitrogens with zero attached hydrogens (tertiary/aromatic N) is 2. The Balaban J connectivity index is 1.82. The summed E-state index contributed by atoms with van der Waals surface area (Å²) in [7, 11) is 0. The van der Waals surface area contributed by atoms with Crippen LogP contribution in [-0.2, 0) is 6.54 Å². The van der Waals surface area contributed by atoms with E-state index in [2.05, 4.69) is 34.4 Å². The van der Waals surface area contributed by atoms with Gasteiger partial charge in [-0.05, 0) is 64.3 Å². The SMILES string of the molecule is CCNC(=NCc1ccc(O)c(OCC)c1)NCCCN1CCCCC1C. The van der Waals surface area contributed by atoms with Crippen LogP contribution in [0.1, 0.15) is 52.0 Å². The van der Waals surface area contributed by atoms with Crippen molar-refractivity contribution in [2.45, 2.75) is 59.0 Å². The predicted molar refractivity (Wildman–Crippen MR) is 112 cm³/mol. The first-order valence-electron chi connectivity index (χ1n) is 10.3. The summed E-state index contributed by atoms with van der Waals surface area (Å²) in [5, 5.41) is 16.5. The molecule has 1 aliphatic heterocycles. The summed E-state index contributed by atoms with van der Waals surface area (Å²) in [4.78, 5) is 7.26. The third kappa shape index (κ3) is 7.29. The van der Waals surface area contributed by atoms with Crippen molar-refractivity contribution in [2.24, 2.45) is 4.99 Å². The smallest absolute Gasteiger partial charge is 0.191 e. The Kier molecular flexibility index (Phi) is 9.25. The maximum atomic E-state index is 9.81. The van der Waals surface area contributed by atoms with Crippen molar-refractivity contribution in [1.29, 1.82) is 0 Å². The van der Waals surface area contributed by atoms with Crippen molar-refractivity contribution in [3.8, 4) is 11.5 Å².